The number of carbonyl (C=O) groups is 3. The predicted molar refractivity (Wildman–Crippen MR) is 154 cm³/mol. The highest BCUT2D eigenvalue weighted by molar-refractivity contribution is 9.10. The number of anilines is 2. The van der Waals surface area contributed by atoms with Gasteiger partial charge in [-0.15, -0.1) is 0 Å². The van der Waals surface area contributed by atoms with Crippen LogP contribution in [0.4, 0.5) is 11.4 Å². The molecule has 3 aromatic carbocycles. The lowest BCUT2D eigenvalue weighted by molar-refractivity contribution is -0.123. The highest BCUT2D eigenvalue weighted by atomic mass is 79.9. The van der Waals surface area contributed by atoms with Crippen LogP contribution < -0.4 is 15.1 Å². The number of fused-ring (bicyclic) bond motifs is 3. The number of hydrogen-bond donors (Lipinski definition) is 1. The summed E-state index contributed by atoms with van der Waals surface area (Å²) in [6.07, 6.45) is 0. The number of thiazole rings is 1. The number of hydrogen-bond acceptors (Lipinski definition) is 6. The van der Waals surface area contributed by atoms with E-state index in [9.17, 15) is 19.2 Å². The number of imide groups is 1. The van der Waals surface area contributed by atoms with E-state index in [2.05, 4.69) is 21.2 Å². The van der Waals surface area contributed by atoms with Crippen molar-refractivity contribution in [3.8, 4) is 0 Å². The Hall–Kier alpha value is -3.21. The maximum atomic E-state index is 13.6. The number of carbonyl (C=O) groups excluding carboxylic acids is 3. The van der Waals surface area contributed by atoms with Crippen molar-refractivity contribution < 1.29 is 14.4 Å². The molecule has 7 nitrogen and oxygen atoms in total. The van der Waals surface area contributed by atoms with Gasteiger partial charge in [0.1, 0.15) is 11.8 Å². The molecule has 0 aliphatic carbocycles. The Balaban J connectivity index is 1.29. The quantitative estimate of drug-likeness (QED) is 0.314. The highest BCUT2D eigenvalue weighted by Crippen LogP contribution is 2.54. The van der Waals surface area contributed by atoms with Gasteiger partial charge in [-0.2, -0.15) is 0 Å². The molecule has 2 aliphatic heterocycles. The molecule has 0 saturated carbocycles. The molecule has 0 radical (unpaired) electrons. The summed E-state index contributed by atoms with van der Waals surface area (Å²) in [4.78, 5) is 54.9. The zero-order valence-corrected chi connectivity index (χ0v) is 23.7. The number of aromatic nitrogens is 1. The highest BCUT2D eigenvalue weighted by Gasteiger charge is 2.59. The SMILES string of the molecule is CC1(C)c2sc(=O)n(CC(=O)Nc3ccc4ccccc4c3)c2SC2C(=O)N(c3ccc(Br)cc3)C(=O)C21. The predicted octanol–water partition coefficient (Wildman–Crippen LogP) is 5.41. The van der Waals surface area contributed by atoms with Crippen molar-refractivity contribution in [3.05, 3.63) is 85.7 Å². The fourth-order valence-corrected chi connectivity index (χ4v) is 8.53. The van der Waals surface area contributed by atoms with Crippen LogP contribution in [0, 0.1) is 5.92 Å². The molecular formula is C28H22BrN3O4S2. The summed E-state index contributed by atoms with van der Waals surface area (Å²) in [5, 5.41) is 4.85. The van der Waals surface area contributed by atoms with Crippen LogP contribution >= 0.6 is 39.0 Å². The molecule has 3 heterocycles. The number of rotatable bonds is 4. The molecule has 1 saturated heterocycles. The van der Waals surface area contributed by atoms with Crippen LogP contribution in [0.25, 0.3) is 10.8 Å². The van der Waals surface area contributed by atoms with Crippen molar-refractivity contribution in [2.24, 2.45) is 5.92 Å². The van der Waals surface area contributed by atoms with Crippen molar-refractivity contribution in [3.63, 3.8) is 0 Å². The minimum atomic E-state index is -0.758. The molecule has 0 bridgehead atoms. The van der Waals surface area contributed by atoms with Gasteiger partial charge in [-0.3, -0.25) is 23.7 Å². The van der Waals surface area contributed by atoms with Crippen LogP contribution in [0.5, 0.6) is 0 Å². The summed E-state index contributed by atoms with van der Waals surface area (Å²) in [7, 11) is 0. The normalized spacial score (nSPS) is 19.9. The number of nitrogens with one attached hydrogen (secondary N) is 1. The topological polar surface area (TPSA) is 88.5 Å². The van der Waals surface area contributed by atoms with E-state index in [-0.39, 0.29) is 29.1 Å². The van der Waals surface area contributed by atoms with E-state index < -0.39 is 16.6 Å². The molecule has 0 spiro atoms. The first-order valence-corrected chi connectivity index (χ1v) is 14.5. The summed E-state index contributed by atoms with van der Waals surface area (Å²) < 4.78 is 2.28. The maximum Gasteiger partial charge on any atom is 0.308 e. The van der Waals surface area contributed by atoms with Crippen molar-refractivity contribution in [1.82, 2.24) is 4.57 Å². The lowest BCUT2D eigenvalue weighted by Gasteiger charge is -2.36. The minimum Gasteiger partial charge on any atom is -0.325 e. The van der Waals surface area contributed by atoms with Crippen LogP contribution in [0.3, 0.4) is 0 Å². The molecule has 38 heavy (non-hydrogen) atoms. The molecule has 1 fully saturated rings. The van der Waals surface area contributed by atoms with E-state index in [1.165, 1.54) is 21.2 Å². The molecule has 2 aliphatic rings. The third kappa shape index (κ3) is 4.02. The third-order valence-corrected chi connectivity index (χ3v) is 10.5. The monoisotopic (exact) mass is 607 g/mol. The van der Waals surface area contributed by atoms with Crippen molar-refractivity contribution >= 4 is 78.9 Å². The third-order valence-electron chi connectivity index (χ3n) is 7.12. The Labute approximate surface area is 235 Å². The van der Waals surface area contributed by atoms with Crippen molar-refractivity contribution in [1.29, 1.82) is 0 Å². The molecule has 1 N–H and O–H groups in total. The lowest BCUT2D eigenvalue weighted by atomic mass is 9.76. The number of benzene rings is 3. The van der Waals surface area contributed by atoms with Crippen LogP contribution in [0.15, 0.2) is 81.0 Å². The van der Waals surface area contributed by atoms with Gasteiger partial charge in [0.25, 0.3) is 0 Å². The second-order valence-electron chi connectivity index (χ2n) is 9.92. The van der Waals surface area contributed by atoms with E-state index in [0.29, 0.717) is 16.4 Å². The first kappa shape index (κ1) is 25.1. The molecular weight excluding hydrogens is 586 g/mol. The van der Waals surface area contributed by atoms with Gasteiger partial charge in [0.05, 0.1) is 16.6 Å². The molecule has 2 atom stereocenters. The zero-order valence-electron chi connectivity index (χ0n) is 20.4. The average Bonchev–Trinajstić information content (AvgIpc) is 3.33. The first-order valence-electron chi connectivity index (χ1n) is 12.0. The van der Waals surface area contributed by atoms with Crippen LogP contribution in [-0.2, 0) is 26.3 Å². The van der Waals surface area contributed by atoms with Crippen LogP contribution in [0.1, 0.15) is 18.7 Å². The van der Waals surface area contributed by atoms with Gasteiger partial charge >= 0.3 is 4.87 Å². The van der Waals surface area contributed by atoms with Gasteiger partial charge in [0.2, 0.25) is 17.7 Å². The fourth-order valence-electron chi connectivity index (χ4n) is 5.22. The Morgan fingerprint density at radius 3 is 2.42 bits per heavy atom. The van der Waals surface area contributed by atoms with Gasteiger partial charge < -0.3 is 5.32 Å². The molecule has 3 amide bonds. The Morgan fingerprint density at radius 2 is 1.68 bits per heavy atom. The zero-order chi connectivity index (χ0) is 26.8. The van der Waals surface area contributed by atoms with Gasteiger partial charge in [0.15, 0.2) is 0 Å². The van der Waals surface area contributed by atoms with E-state index >= 15 is 0 Å². The Morgan fingerprint density at radius 1 is 0.974 bits per heavy atom. The Kier molecular flexibility index (Phi) is 6.08. The summed E-state index contributed by atoms with van der Waals surface area (Å²) in [5.74, 6) is -1.54. The molecule has 10 heteroatoms. The Bertz CT molecular complexity index is 1690. The number of halogens is 1. The first-order chi connectivity index (χ1) is 18.1. The summed E-state index contributed by atoms with van der Waals surface area (Å²) in [5.41, 5.74) is 0.400. The smallest absolute Gasteiger partial charge is 0.308 e. The summed E-state index contributed by atoms with van der Waals surface area (Å²) in [6.45, 7) is 3.61. The lowest BCUT2D eigenvalue weighted by Crippen LogP contribution is -2.41. The van der Waals surface area contributed by atoms with Gasteiger partial charge in [0, 0.05) is 20.5 Å². The largest absolute Gasteiger partial charge is 0.325 e. The van der Waals surface area contributed by atoms with Crippen molar-refractivity contribution in [2.75, 3.05) is 10.2 Å². The minimum absolute atomic E-state index is 0.184. The molecule has 1 aromatic heterocycles. The van der Waals surface area contributed by atoms with Gasteiger partial charge in [-0.25, -0.2) is 4.90 Å². The number of thioether (sulfide) groups is 1. The second kappa shape index (κ2) is 9.21. The molecule has 2 unspecified atom stereocenters. The summed E-state index contributed by atoms with van der Waals surface area (Å²) in [6, 6.07) is 20.6. The molecule has 192 valence electrons. The van der Waals surface area contributed by atoms with E-state index in [1.54, 1.807) is 24.3 Å². The van der Waals surface area contributed by atoms with E-state index in [1.807, 2.05) is 56.3 Å². The standard InChI is InChI=1S/C28H22BrN3O4S2/c1-28(2)21-22(25(35)32(24(21)34)19-11-8-17(29)9-12-19)37-26-23(28)38-27(36)31(26)14-20(33)30-18-10-7-15-5-3-4-6-16(15)13-18/h3-13,21-22H,14H2,1-2H3,(H,30,33). The van der Waals surface area contributed by atoms with Gasteiger partial charge in [-0.05, 0) is 47.2 Å². The number of amides is 3. The average molecular weight is 609 g/mol. The second-order valence-corrected chi connectivity index (χ2v) is 12.9. The van der Waals surface area contributed by atoms with Crippen molar-refractivity contribution in [2.45, 2.75) is 36.1 Å². The van der Waals surface area contributed by atoms with E-state index in [0.717, 1.165) is 31.5 Å². The maximum absolute atomic E-state index is 13.6. The summed E-state index contributed by atoms with van der Waals surface area (Å²) >= 11 is 5.64. The van der Waals surface area contributed by atoms with E-state index in [4.69, 9.17) is 0 Å². The molecule has 4 aromatic rings. The van der Waals surface area contributed by atoms with Crippen LogP contribution in [0.2, 0.25) is 0 Å². The molecule has 6 rings (SSSR count). The fraction of sp³-hybridized carbons (Fsp3) is 0.214. The number of nitrogens with zero attached hydrogens (tertiary/aromatic N) is 2. The van der Waals surface area contributed by atoms with Gasteiger partial charge in [-0.1, -0.05) is 83.2 Å². The van der Waals surface area contributed by atoms with Crippen LogP contribution in [-0.4, -0.2) is 27.5 Å².